The summed E-state index contributed by atoms with van der Waals surface area (Å²) in [6, 6.07) is 15.4. The molecule has 138 valence electrons. The van der Waals surface area contributed by atoms with Gasteiger partial charge in [0.25, 0.3) is 5.69 Å². The van der Waals surface area contributed by atoms with E-state index in [2.05, 4.69) is 0 Å². The summed E-state index contributed by atoms with van der Waals surface area (Å²) >= 11 is 5.98. The third kappa shape index (κ3) is 3.92. The summed E-state index contributed by atoms with van der Waals surface area (Å²) in [7, 11) is 0. The van der Waals surface area contributed by atoms with Crippen LogP contribution in [0.3, 0.4) is 0 Å². The second-order valence-electron chi connectivity index (χ2n) is 5.68. The Morgan fingerprint density at radius 2 is 2.00 bits per heavy atom. The summed E-state index contributed by atoms with van der Waals surface area (Å²) < 4.78 is 5.69. The van der Waals surface area contributed by atoms with Gasteiger partial charge in [0.2, 0.25) is 0 Å². The molecule has 0 fully saturated rings. The molecule has 2 aromatic carbocycles. The molecule has 0 bridgehead atoms. The predicted molar refractivity (Wildman–Crippen MR) is 103 cm³/mol. The molecule has 7 nitrogen and oxygen atoms in total. The molecule has 0 saturated heterocycles. The van der Waals surface area contributed by atoms with Crippen molar-refractivity contribution in [1.29, 1.82) is 5.26 Å². The predicted octanol–water partition coefficient (Wildman–Crippen LogP) is 5.27. The van der Waals surface area contributed by atoms with Gasteiger partial charge in [-0.1, -0.05) is 29.8 Å². The van der Waals surface area contributed by atoms with Crippen LogP contribution in [0.15, 0.2) is 59.0 Å². The van der Waals surface area contributed by atoms with Crippen LogP contribution >= 0.6 is 11.6 Å². The molecule has 0 spiro atoms. The number of hydrogen-bond acceptors (Lipinski definition) is 5. The smallest absolute Gasteiger partial charge is 0.337 e. The maximum absolute atomic E-state index is 11.0. The zero-order valence-electron chi connectivity index (χ0n) is 14.1. The average molecular weight is 395 g/mol. The van der Waals surface area contributed by atoms with Crippen LogP contribution in [0, 0.1) is 21.4 Å². The van der Waals surface area contributed by atoms with Gasteiger partial charge in [-0.05, 0) is 35.9 Å². The lowest BCUT2D eigenvalue weighted by molar-refractivity contribution is -0.384. The van der Waals surface area contributed by atoms with E-state index in [1.807, 2.05) is 6.07 Å². The molecule has 1 heterocycles. The Balaban J connectivity index is 1.94. The number of aromatic carboxylic acids is 1. The fraction of sp³-hybridized carbons (Fsp3) is 0. The summed E-state index contributed by atoms with van der Waals surface area (Å²) in [4.78, 5) is 21.4. The van der Waals surface area contributed by atoms with Crippen LogP contribution < -0.4 is 0 Å². The lowest BCUT2D eigenvalue weighted by Crippen LogP contribution is -1.96. The first-order chi connectivity index (χ1) is 13.4. The number of carboxylic acids is 1. The number of furan rings is 1. The van der Waals surface area contributed by atoms with E-state index in [1.165, 1.54) is 36.4 Å². The first-order valence-electron chi connectivity index (χ1n) is 7.88. The highest BCUT2D eigenvalue weighted by molar-refractivity contribution is 6.33. The molecule has 0 aliphatic carbocycles. The molecular weight excluding hydrogens is 384 g/mol. The minimum atomic E-state index is -1.13. The van der Waals surface area contributed by atoms with Crippen molar-refractivity contribution in [2.45, 2.75) is 0 Å². The second kappa shape index (κ2) is 7.78. The molecule has 3 aromatic rings. The van der Waals surface area contributed by atoms with Crippen LogP contribution in [-0.4, -0.2) is 16.0 Å². The van der Waals surface area contributed by atoms with Gasteiger partial charge >= 0.3 is 5.97 Å². The van der Waals surface area contributed by atoms with Crippen LogP contribution in [0.25, 0.3) is 23.0 Å². The molecule has 0 amide bonds. The van der Waals surface area contributed by atoms with E-state index in [9.17, 15) is 20.2 Å². The summed E-state index contributed by atoms with van der Waals surface area (Å²) in [6.45, 7) is 0. The van der Waals surface area contributed by atoms with Crippen LogP contribution in [0.4, 0.5) is 5.69 Å². The van der Waals surface area contributed by atoms with Gasteiger partial charge in [-0.2, -0.15) is 5.26 Å². The Labute approximate surface area is 163 Å². The minimum Gasteiger partial charge on any atom is -0.478 e. The first kappa shape index (κ1) is 18.9. The van der Waals surface area contributed by atoms with E-state index in [-0.39, 0.29) is 21.8 Å². The third-order valence-corrected chi connectivity index (χ3v) is 4.20. The summed E-state index contributed by atoms with van der Waals surface area (Å²) in [5, 5.41) is 29.4. The summed E-state index contributed by atoms with van der Waals surface area (Å²) in [5.41, 5.74) is 1.03. The molecule has 28 heavy (non-hydrogen) atoms. The van der Waals surface area contributed by atoms with Crippen LogP contribution in [0.2, 0.25) is 5.02 Å². The molecule has 8 heteroatoms. The SMILES string of the molecule is N#CC(=Cc1ccc(-c2ccc(C(=O)O)c(Cl)c2)o1)c1cccc([N+](=O)[O-])c1. The molecule has 0 atom stereocenters. The van der Waals surface area contributed by atoms with Gasteiger partial charge < -0.3 is 9.52 Å². The van der Waals surface area contributed by atoms with Crippen molar-refractivity contribution < 1.29 is 19.2 Å². The average Bonchev–Trinajstić information content (AvgIpc) is 3.14. The molecule has 0 radical (unpaired) electrons. The summed E-state index contributed by atoms with van der Waals surface area (Å²) in [5.74, 6) is -0.340. The fourth-order valence-electron chi connectivity index (χ4n) is 2.54. The maximum atomic E-state index is 11.0. The van der Waals surface area contributed by atoms with Crippen LogP contribution in [0.5, 0.6) is 0 Å². The highest BCUT2D eigenvalue weighted by Crippen LogP contribution is 2.29. The number of allylic oxidation sites excluding steroid dienone is 1. The Bertz CT molecular complexity index is 1160. The van der Waals surface area contributed by atoms with E-state index in [0.29, 0.717) is 22.6 Å². The number of carboxylic acid groups (broad SMARTS) is 1. The number of rotatable bonds is 5. The van der Waals surface area contributed by atoms with Gasteiger partial charge in [-0.25, -0.2) is 4.79 Å². The zero-order chi connectivity index (χ0) is 20.3. The van der Waals surface area contributed by atoms with E-state index >= 15 is 0 Å². The normalized spacial score (nSPS) is 11.1. The number of carbonyl (C=O) groups is 1. The number of non-ortho nitro benzene ring substituents is 1. The van der Waals surface area contributed by atoms with Crippen LogP contribution in [0.1, 0.15) is 21.7 Å². The highest BCUT2D eigenvalue weighted by atomic mass is 35.5. The largest absolute Gasteiger partial charge is 0.478 e. The quantitative estimate of drug-likeness (QED) is 0.357. The Hall–Kier alpha value is -3.89. The molecule has 1 aromatic heterocycles. The molecule has 0 aliphatic rings. The first-order valence-corrected chi connectivity index (χ1v) is 8.26. The monoisotopic (exact) mass is 394 g/mol. The number of benzene rings is 2. The van der Waals surface area contributed by atoms with Gasteiger partial charge in [0.15, 0.2) is 0 Å². The van der Waals surface area contributed by atoms with Gasteiger partial charge in [0.05, 0.1) is 27.2 Å². The Morgan fingerprint density at radius 3 is 2.64 bits per heavy atom. The van der Waals surface area contributed by atoms with Crippen molar-refractivity contribution >= 4 is 34.9 Å². The van der Waals surface area contributed by atoms with Crippen molar-refractivity contribution in [1.82, 2.24) is 0 Å². The van der Waals surface area contributed by atoms with Crippen molar-refractivity contribution in [3.05, 3.63) is 86.6 Å². The number of nitro groups is 1. The van der Waals surface area contributed by atoms with Gasteiger partial charge in [-0.15, -0.1) is 0 Å². The number of nitrogens with zero attached hydrogens (tertiary/aromatic N) is 2. The van der Waals surface area contributed by atoms with Crippen molar-refractivity contribution in [2.24, 2.45) is 0 Å². The Kier molecular flexibility index (Phi) is 5.25. The Morgan fingerprint density at radius 1 is 1.21 bits per heavy atom. The standard InChI is InChI=1S/C20H11ClN2O5/c21-18-10-13(4-6-17(18)20(24)25)19-7-5-16(28-19)9-14(11-22)12-2-1-3-15(8-12)23(26)27/h1-10H,(H,24,25). The number of nitro benzene ring substituents is 1. The molecule has 3 rings (SSSR count). The van der Waals surface area contributed by atoms with E-state index in [0.717, 1.165) is 0 Å². The number of hydrogen-bond donors (Lipinski definition) is 1. The number of nitriles is 1. The van der Waals surface area contributed by atoms with Crippen LogP contribution in [-0.2, 0) is 0 Å². The van der Waals surface area contributed by atoms with Gasteiger partial charge in [-0.3, -0.25) is 10.1 Å². The molecule has 1 N–H and O–H groups in total. The van der Waals surface area contributed by atoms with E-state index in [4.69, 9.17) is 21.1 Å². The zero-order valence-corrected chi connectivity index (χ0v) is 14.9. The molecule has 0 aliphatic heterocycles. The topological polar surface area (TPSA) is 117 Å². The van der Waals surface area contributed by atoms with Gasteiger partial charge in [0, 0.05) is 17.7 Å². The highest BCUT2D eigenvalue weighted by Gasteiger charge is 2.13. The van der Waals surface area contributed by atoms with E-state index in [1.54, 1.807) is 24.3 Å². The van der Waals surface area contributed by atoms with Crippen molar-refractivity contribution in [2.75, 3.05) is 0 Å². The van der Waals surface area contributed by atoms with E-state index < -0.39 is 10.9 Å². The minimum absolute atomic E-state index is 0.0190. The van der Waals surface area contributed by atoms with Crippen molar-refractivity contribution in [3.8, 4) is 17.4 Å². The number of halogens is 1. The molecular formula is C20H11ClN2O5. The van der Waals surface area contributed by atoms with Gasteiger partial charge in [0.1, 0.15) is 11.5 Å². The molecule has 0 unspecified atom stereocenters. The lowest BCUT2D eigenvalue weighted by Gasteiger charge is -2.02. The molecule has 0 saturated carbocycles. The van der Waals surface area contributed by atoms with Crippen molar-refractivity contribution in [3.63, 3.8) is 0 Å². The second-order valence-corrected chi connectivity index (χ2v) is 6.09. The summed E-state index contributed by atoms with van der Waals surface area (Å²) in [6.07, 6.45) is 1.47. The third-order valence-electron chi connectivity index (χ3n) is 3.89. The lowest BCUT2D eigenvalue weighted by atomic mass is 10.1. The maximum Gasteiger partial charge on any atom is 0.337 e. The fourth-order valence-corrected chi connectivity index (χ4v) is 2.80.